The van der Waals surface area contributed by atoms with Crippen LogP contribution in [-0.4, -0.2) is 23.9 Å². The lowest BCUT2D eigenvalue weighted by molar-refractivity contribution is -0.122. The molecule has 5 heteroatoms. The Bertz CT molecular complexity index is 571. The fourth-order valence-corrected chi connectivity index (χ4v) is 3.12. The molecule has 0 aliphatic rings. The summed E-state index contributed by atoms with van der Waals surface area (Å²) >= 11 is 7.49. The molecule has 0 unspecified atom stereocenters. The zero-order valence-electron chi connectivity index (χ0n) is 12.0. The van der Waals surface area contributed by atoms with Gasteiger partial charge in [-0.25, -0.2) is 0 Å². The Balaban J connectivity index is 1.79. The first kappa shape index (κ1) is 16.0. The highest BCUT2D eigenvalue weighted by Gasteiger charge is 2.10. The van der Waals surface area contributed by atoms with Gasteiger partial charge in [0.25, 0.3) is 0 Å². The molecule has 2 rings (SSSR count). The van der Waals surface area contributed by atoms with Crippen molar-refractivity contribution in [2.45, 2.75) is 20.0 Å². The van der Waals surface area contributed by atoms with Gasteiger partial charge in [-0.15, -0.1) is 11.3 Å². The smallest absolute Gasteiger partial charge is 0.234 e. The molecule has 0 atom stereocenters. The van der Waals surface area contributed by atoms with E-state index in [1.165, 1.54) is 4.88 Å². The number of nitrogens with zero attached hydrogens (tertiary/aromatic N) is 1. The number of thiophene rings is 1. The summed E-state index contributed by atoms with van der Waals surface area (Å²) < 4.78 is 0.787. The number of hydrogen-bond donors (Lipinski definition) is 1. The first-order valence-electron chi connectivity index (χ1n) is 6.94. The number of amides is 1. The molecule has 0 aliphatic carbocycles. The summed E-state index contributed by atoms with van der Waals surface area (Å²) in [5.41, 5.74) is 1.11. The van der Waals surface area contributed by atoms with Crippen LogP contribution in [0.25, 0.3) is 0 Å². The molecule has 0 radical (unpaired) electrons. The zero-order chi connectivity index (χ0) is 15.1. The van der Waals surface area contributed by atoms with Crippen LogP contribution in [0.2, 0.25) is 4.34 Å². The fourth-order valence-electron chi connectivity index (χ4n) is 1.99. The quantitative estimate of drug-likeness (QED) is 0.845. The molecule has 0 bridgehead atoms. The summed E-state index contributed by atoms with van der Waals surface area (Å²) in [5.74, 6) is 0.0448. The Hall–Kier alpha value is -1.36. The molecule has 0 saturated heterocycles. The summed E-state index contributed by atoms with van der Waals surface area (Å²) in [6.07, 6.45) is 0. The third-order valence-corrected chi connectivity index (χ3v) is 4.37. The van der Waals surface area contributed by atoms with E-state index in [-0.39, 0.29) is 5.91 Å². The summed E-state index contributed by atoms with van der Waals surface area (Å²) in [5, 5.41) is 2.95. The Labute approximate surface area is 134 Å². The van der Waals surface area contributed by atoms with Crippen LogP contribution in [0.5, 0.6) is 0 Å². The Kier molecular flexibility index (Phi) is 6.23. The summed E-state index contributed by atoms with van der Waals surface area (Å²) in [6.45, 7) is 4.61. The van der Waals surface area contributed by atoms with Crippen molar-refractivity contribution >= 4 is 28.8 Å². The Morgan fingerprint density at radius 2 is 2.00 bits per heavy atom. The normalized spacial score (nSPS) is 10.8. The van der Waals surface area contributed by atoms with Crippen LogP contribution in [0.3, 0.4) is 0 Å². The molecule has 3 nitrogen and oxygen atoms in total. The fraction of sp³-hybridized carbons (Fsp3) is 0.312. The van der Waals surface area contributed by atoms with Crippen molar-refractivity contribution in [2.24, 2.45) is 0 Å². The first-order valence-corrected chi connectivity index (χ1v) is 8.14. The van der Waals surface area contributed by atoms with Crippen LogP contribution >= 0.6 is 22.9 Å². The highest BCUT2D eigenvalue weighted by molar-refractivity contribution is 7.16. The number of benzene rings is 1. The van der Waals surface area contributed by atoms with Gasteiger partial charge in [0, 0.05) is 18.0 Å². The van der Waals surface area contributed by atoms with E-state index in [0.717, 1.165) is 23.0 Å². The number of rotatable bonds is 7. The molecule has 0 aliphatic heterocycles. The highest BCUT2D eigenvalue weighted by atomic mass is 35.5. The van der Waals surface area contributed by atoms with Crippen molar-refractivity contribution in [2.75, 3.05) is 13.1 Å². The molecular weight excluding hydrogens is 304 g/mol. The van der Waals surface area contributed by atoms with Gasteiger partial charge in [-0.1, -0.05) is 48.9 Å². The summed E-state index contributed by atoms with van der Waals surface area (Å²) in [7, 11) is 0. The van der Waals surface area contributed by atoms with E-state index in [0.29, 0.717) is 13.1 Å². The molecule has 1 heterocycles. The van der Waals surface area contributed by atoms with Gasteiger partial charge in [-0.2, -0.15) is 0 Å². The highest BCUT2D eigenvalue weighted by Crippen LogP contribution is 2.22. The molecule has 1 aromatic heterocycles. The lowest BCUT2D eigenvalue weighted by Gasteiger charge is -2.19. The van der Waals surface area contributed by atoms with E-state index < -0.39 is 0 Å². The van der Waals surface area contributed by atoms with Crippen LogP contribution in [0.4, 0.5) is 0 Å². The molecule has 1 N–H and O–H groups in total. The zero-order valence-corrected chi connectivity index (χ0v) is 13.6. The van der Waals surface area contributed by atoms with Gasteiger partial charge in [-0.3, -0.25) is 9.69 Å². The van der Waals surface area contributed by atoms with Gasteiger partial charge >= 0.3 is 0 Å². The van der Waals surface area contributed by atoms with Gasteiger partial charge in [0.05, 0.1) is 10.9 Å². The SMILES string of the molecule is CCN(CC(=O)NCc1ccccc1)Cc1ccc(Cl)s1. The second kappa shape index (κ2) is 8.17. The second-order valence-corrected chi connectivity index (χ2v) is 6.57. The van der Waals surface area contributed by atoms with Crippen molar-refractivity contribution in [1.29, 1.82) is 0 Å². The molecular formula is C16H19ClN2OS. The van der Waals surface area contributed by atoms with E-state index in [4.69, 9.17) is 11.6 Å². The van der Waals surface area contributed by atoms with E-state index in [1.54, 1.807) is 11.3 Å². The predicted octanol–water partition coefficient (Wildman–Crippen LogP) is 3.54. The molecule has 2 aromatic rings. The van der Waals surface area contributed by atoms with Crippen molar-refractivity contribution in [3.8, 4) is 0 Å². The molecule has 1 aromatic carbocycles. The number of likely N-dealkylation sites (N-methyl/N-ethyl adjacent to an activating group) is 1. The Morgan fingerprint density at radius 3 is 2.62 bits per heavy atom. The number of halogens is 1. The molecule has 0 spiro atoms. The molecule has 21 heavy (non-hydrogen) atoms. The average Bonchev–Trinajstić information content (AvgIpc) is 2.90. The van der Waals surface area contributed by atoms with Gasteiger partial charge in [-0.05, 0) is 24.2 Å². The minimum atomic E-state index is 0.0448. The maximum atomic E-state index is 12.0. The number of carbonyl (C=O) groups is 1. The summed E-state index contributed by atoms with van der Waals surface area (Å²) in [6, 6.07) is 13.8. The molecule has 112 valence electrons. The van der Waals surface area contributed by atoms with E-state index in [2.05, 4.69) is 17.1 Å². The molecule has 1 amide bonds. The lowest BCUT2D eigenvalue weighted by atomic mass is 10.2. The maximum Gasteiger partial charge on any atom is 0.234 e. The average molecular weight is 323 g/mol. The van der Waals surface area contributed by atoms with Crippen LogP contribution in [0.15, 0.2) is 42.5 Å². The van der Waals surface area contributed by atoms with Crippen molar-refractivity contribution in [3.05, 3.63) is 57.2 Å². The molecule has 0 saturated carbocycles. The molecule has 0 fully saturated rings. The minimum absolute atomic E-state index is 0.0448. The van der Waals surface area contributed by atoms with Gasteiger partial charge in [0.1, 0.15) is 0 Å². The largest absolute Gasteiger partial charge is 0.351 e. The number of carbonyl (C=O) groups excluding carboxylic acids is 1. The van der Waals surface area contributed by atoms with Crippen molar-refractivity contribution in [3.63, 3.8) is 0 Å². The first-order chi connectivity index (χ1) is 10.2. The monoisotopic (exact) mass is 322 g/mol. The minimum Gasteiger partial charge on any atom is -0.351 e. The van der Waals surface area contributed by atoms with Gasteiger partial charge < -0.3 is 5.32 Å². The predicted molar refractivity (Wildman–Crippen MR) is 88.6 cm³/mol. The second-order valence-electron chi connectivity index (χ2n) is 4.77. The van der Waals surface area contributed by atoms with Crippen molar-refractivity contribution in [1.82, 2.24) is 10.2 Å². The lowest BCUT2D eigenvalue weighted by Crippen LogP contribution is -2.36. The van der Waals surface area contributed by atoms with Gasteiger partial charge in [0.15, 0.2) is 0 Å². The van der Waals surface area contributed by atoms with Crippen LogP contribution < -0.4 is 5.32 Å². The maximum absolute atomic E-state index is 12.0. The summed E-state index contributed by atoms with van der Waals surface area (Å²) in [4.78, 5) is 15.3. The van der Waals surface area contributed by atoms with Gasteiger partial charge in [0.2, 0.25) is 5.91 Å². The van der Waals surface area contributed by atoms with Crippen LogP contribution in [0, 0.1) is 0 Å². The van der Waals surface area contributed by atoms with Crippen LogP contribution in [0.1, 0.15) is 17.4 Å². The van der Waals surface area contributed by atoms with E-state index in [1.807, 2.05) is 42.5 Å². The van der Waals surface area contributed by atoms with E-state index >= 15 is 0 Å². The Morgan fingerprint density at radius 1 is 1.24 bits per heavy atom. The standard InChI is InChI=1S/C16H19ClN2OS/c1-2-19(11-14-8-9-15(17)21-14)12-16(20)18-10-13-6-4-3-5-7-13/h3-9H,2,10-12H2,1H3,(H,18,20). The third-order valence-electron chi connectivity index (χ3n) is 3.16. The number of hydrogen-bond acceptors (Lipinski definition) is 3. The third kappa shape index (κ3) is 5.50. The van der Waals surface area contributed by atoms with Crippen LogP contribution in [-0.2, 0) is 17.9 Å². The topological polar surface area (TPSA) is 32.3 Å². The van der Waals surface area contributed by atoms with Crippen molar-refractivity contribution < 1.29 is 4.79 Å². The van der Waals surface area contributed by atoms with E-state index in [9.17, 15) is 4.79 Å². The number of nitrogens with one attached hydrogen (secondary N) is 1.